The monoisotopic (exact) mass is 253 g/mol. The van der Waals surface area contributed by atoms with Crippen molar-refractivity contribution < 1.29 is 4.74 Å². The SMILES string of the molecule is Cc1ccc(OCc2nc3cccc(C)n3n2)cc1. The van der Waals surface area contributed by atoms with E-state index in [1.807, 2.05) is 53.9 Å². The first-order chi connectivity index (χ1) is 9.22. The Morgan fingerprint density at radius 3 is 2.58 bits per heavy atom. The summed E-state index contributed by atoms with van der Waals surface area (Å²) in [5, 5.41) is 4.43. The summed E-state index contributed by atoms with van der Waals surface area (Å²) in [6.07, 6.45) is 0. The zero-order valence-electron chi connectivity index (χ0n) is 11.0. The first-order valence-corrected chi connectivity index (χ1v) is 6.23. The van der Waals surface area contributed by atoms with Crippen LogP contribution in [0.4, 0.5) is 0 Å². The molecular formula is C15H15N3O. The number of rotatable bonds is 3. The fourth-order valence-corrected chi connectivity index (χ4v) is 1.92. The van der Waals surface area contributed by atoms with Gasteiger partial charge >= 0.3 is 0 Å². The highest BCUT2D eigenvalue weighted by Gasteiger charge is 2.05. The normalized spacial score (nSPS) is 10.8. The minimum atomic E-state index is 0.379. The summed E-state index contributed by atoms with van der Waals surface area (Å²) < 4.78 is 7.51. The highest BCUT2D eigenvalue weighted by Crippen LogP contribution is 2.13. The number of pyridine rings is 1. The number of aryl methyl sites for hydroxylation is 2. The molecule has 2 aromatic heterocycles. The number of hydrogen-bond acceptors (Lipinski definition) is 3. The Labute approximate surface area is 111 Å². The molecule has 19 heavy (non-hydrogen) atoms. The number of fused-ring (bicyclic) bond motifs is 1. The summed E-state index contributed by atoms with van der Waals surface area (Å²) in [7, 11) is 0. The van der Waals surface area contributed by atoms with Crippen LogP contribution in [0.5, 0.6) is 5.75 Å². The molecule has 0 saturated heterocycles. The minimum absolute atomic E-state index is 0.379. The fourth-order valence-electron chi connectivity index (χ4n) is 1.92. The smallest absolute Gasteiger partial charge is 0.189 e. The van der Waals surface area contributed by atoms with Crippen LogP contribution in [0.25, 0.3) is 5.65 Å². The van der Waals surface area contributed by atoms with Gasteiger partial charge in [-0.15, -0.1) is 5.10 Å². The largest absolute Gasteiger partial charge is 0.486 e. The summed E-state index contributed by atoms with van der Waals surface area (Å²) in [6, 6.07) is 13.9. The van der Waals surface area contributed by atoms with Crippen LogP contribution < -0.4 is 4.74 Å². The number of nitrogens with zero attached hydrogens (tertiary/aromatic N) is 3. The van der Waals surface area contributed by atoms with Gasteiger partial charge in [-0.1, -0.05) is 23.8 Å². The molecule has 0 radical (unpaired) electrons. The lowest BCUT2D eigenvalue weighted by atomic mass is 10.2. The number of ether oxygens (including phenoxy) is 1. The van der Waals surface area contributed by atoms with Crippen LogP contribution in [0.2, 0.25) is 0 Å². The highest BCUT2D eigenvalue weighted by atomic mass is 16.5. The van der Waals surface area contributed by atoms with E-state index in [9.17, 15) is 0 Å². The number of aromatic nitrogens is 3. The van der Waals surface area contributed by atoms with Crippen molar-refractivity contribution in [3.63, 3.8) is 0 Å². The van der Waals surface area contributed by atoms with E-state index in [0.29, 0.717) is 12.4 Å². The van der Waals surface area contributed by atoms with E-state index in [1.165, 1.54) is 5.56 Å². The Morgan fingerprint density at radius 2 is 1.84 bits per heavy atom. The number of benzene rings is 1. The molecule has 0 bridgehead atoms. The molecule has 3 aromatic rings. The van der Waals surface area contributed by atoms with Crippen LogP contribution in [0.1, 0.15) is 17.1 Å². The van der Waals surface area contributed by atoms with E-state index in [-0.39, 0.29) is 0 Å². The van der Waals surface area contributed by atoms with Crippen LogP contribution in [0.3, 0.4) is 0 Å². The Kier molecular flexibility index (Phi) is 2.91. The zero-order valence-corrected chi connectivity index (χ0v) is 11.0. The average molecular weight is 253 g/mol. The molecule has 0 aliphatic rings. The summed E-state index contributed by atoms with van der Waals surface area (Å²) in [6.45, 7) is 4.44. The van der Waals surface area contributed by atoms with E-state index in [4.69, 9.17) is 4.74 Å². The minimum Gasteiger partial charge on any atom is -0.486 e. The Bertz CT molecular complexity index is 701. The molecule has 3 rings (SSSR count). The van der Waals surface area contributed by atoms with E-state index in [0.717, 1.165) is 17.1 Å². The van der Waals surface area contributed by atoms with Gasteiger partial charge in [-0.05, 0) is 38.1 Å². The predicted molar refractivity (Wildman–Crippen MR) is 73.2 cm³/mol. The third-order valence-electron chi connectivity index (χ3n) is 2.98. The Morgan fingerprint density at radius 1 is 1.05 bits per heavy atom. The van der Waals surface area contributed by atoms with Gasteiger partial charge in [0.05, 0.1) is 0 Å². The Hall–Kier alpha value is -2.36. The van der Waals surface area contributed by atoms with Gasteiger partial charge in [-0.2, -0.15) is 0 Å². The molecule has 0 fully saturated rings. The van der Waals surface area contributed by atoms with Gasteiger partial charge in [-0.3, -0.25) is 0 Å². The summed E-state index contributed by atoms with van der Waals surface area (Å²) in [5.74, 6) is 1.52. The Balaban J connectivity index is 1.78. The molecule has 0 atom stereocenters. The van der Waals surface area contributed by atoms with Crippen LogP contribution >= 0.6 is 0 Å². The zero-order chi connectivity index (χ0) is 13.2. The van der Waals surface area contributed by atoms with Crippen molar-refractivity contribution in [3.8, 4) is 5.75 Å². The molecule has 0 N–H and O–H groups in total. The van der Waals surface area contributed by atoms with Gasteiger partial charge in [0, 0.05) is 5.69 Å². The lowest BCUT2D eigenvalue weighted by Crippen LogP contribution is -1.98. The predicted octanol–water partition coefficient (Wildman–Crippen LogP) is 2.93. The molecule has 0 unspecified atom stereocenters. The van der Waals surface area contributed by atoms with Crippen LogP contribution in [-0.4, -0.2) is 14.6 Å². The second-order valence-electron chi connectivity index (χ2n) is 4.57. The molecule has 0 aliphatic heterocycles. The van der Waals surface area contributed by atoms with Crippen molar-refractivity contribution >= 4 is 5.65 Å². The third kappa shape index (κ3) is 2.42. The summed E-state index contributed by atoms with van der Waals surface area (Å²) in [4.78, 5) is 4.43. The quantitative estimate of drug-likeness (QED) is 0.720. The van der Waals surface area contributed by atoms with Crippen LogP contribution in [-0.2, 0) is 6.61 Å². The lowest BCUT2D eigenvalue weighted by Gasteiger charge is -2.03. The molecular weight excluding hydrogens is 238 g/mol. The van der Waals surface area contributed by atoms with Gasteiger partial charge in [0.1, 0.15) is 12.4 Å². The first-order valence-electron chi connectivity index (χ1n) is 6.23. The van der Waals surface area contributed by atoms with E-state index in [1.54, 1.807) is 0 Å². The van der Waals surface area contributed by atoms with Crippen molar-refractivity contribution in [3.05, 3.63) is 59.5 Å². The van der Waals surface area contributed by atoms with Crippen molar-refractivity contribution in [2.24, 2.45) is 0 Å². The van der Waals surface area contributed by atoms with Crippen molar-refractivity contribution in [2.45, 2.75) is 20.5 Å². The van der Waals surface area contributed by atoms with Crippen molar-refractivity contribution in [1.29, 1.82) is 0 Å². The van der Waals surface area contributed by atoms with Crippen LogP contribution in [0.15, 0.2) is 42.5 Å². The molecule has 1 aromatic carbocycles. The van der Waals surface area contributed by atoms with Crippen molar-refractivity contribution in [2.75, 3.05) is 0 Å². The topological polar surface area (TPSA) is 39.4 Å². The molecule has 4 nitrogen and oxygen atoms in total. The highest BCUT2D eigenvalue weighted by molar-refractivity contribution is 5.38. The molecule has 96 valence electrons. The van der Waals surface area contributed by atoms with Gasteiger partial charge in [-0.25, -0.2) is 9.50 Å². The summed E-state index contributed by atoms with van der Waals surface area (Å²) in [5.41, 5.74) is 3.13. The maximum Gasteiger partial charge on any atom is 0.189 e. The van der Waals surface area contributed by atoms with Gasteiger partial charge in [0.15, 0.2) is 11.5 Å². The molecule has 0 spiro atoms. The molecule has 0 amide bonds. The fraction of sp³-hybridized carbons (Fsp3) is 0.200. The van der Waals surface area contributed by atoms with Gasteiger partial charge < -0.3 is 4.74 Å². The number of hydrogen-bond donors (Lipinski definition) is 0. The molecule has 0 saturated carbocycles. The van der Waals surface area contributed by atoms with E-state index >= 15 is 0 Å². The summed E-state index contributed by atoms with van der Waals surface area (Å²) >= 11 is 0. The second-order valence-corrected chi connectivity index (χ2v) is 4.57. The molecule has 4 heteroatoms. The molecule has 2 heterocycles. The van der Waals surface area contributed by atoms with Gasteiger partial charge in [0.2, 0.25) is 0 Å². The average Bonchev–Trinajstić information content (AvgIpc) is 2.83. The molecule has 0 aliphatic carbocycles. The first kappa shape index (κ1) is 11.7. The van der Waals surface area contributed by atoms with Gasteiger partial charge in [0.25, 0.3) is 0 Å². The third-order valence-corrected chi connectivity index (χ3v) is 2.98. The lowest BCUT2D eigenvalue weighted by molar-refractivity contribution is 0.296. The maximum atomic E-state index is 5.68. The maximum absolute atomic E-state index is 5.68. The van der Waals surface area contributed by atoms with Crippen LogP contribution in [0, 0.1) is 13.8 Å². The second kappa shape index (κ2) is 4.72. The van der Waals surface area contributed by atoms with E-state index < -0.39 is 0 Å². The standard InChI is InChI=1S/C15H15N3O/c1-11-6-8-13(9-7-11)19-10-14-16-15-5-3-4-12(2)18(15)17-14/h3-9H,10H2,1-2H3. The van der Waals surface area contributed by atoms with Crippen molar-refractivity contribution in [1.82, 2.24) is 14.6 Å². The van der Waals surface area contributed by atoms with E-state index in [2.05, 4.69) is 17.0 Å².